The van der Waals surface area contributed by atoms with Crippen LogP contribution >= 0.6 is 0 Å². The monoisotopic (exact) mass is 688 g/mol. The summed E-state index contributed by atoms with van der Waals surface area (Å²) in [6.45, 7) is 0. The summed E-state index contributed by atoms with van der Waals surface area (Å²) in [6, 6.07) is 64.3. The molecule has 8 aromatic carbocycles. The lowest BCUT2D eigenvalue weighted by Gasteiger charge is -2.13. The summed E-state index contributed by atoms with van der Waals surface area (Å²) >= 11 is 0. The van der Waals surface area contributed by atoms with Crippen LogP contribution in [0.4, 0.5) is 0 Å². The van der Waals surface area contributed by atoms with E-state index in [-0.39, 0.29) is 0 Å². The number of fused-ring (bicyclic) bond motifs is 6. The third kappa shape index (κ3) is 5.76. The molecule has 0 saturated carbocycles. The summed E-state index contributed by atoms with van der Waals surface area (Å²) in [5.74, 6) is 1.87. The van der Waals surface area contributed by atoms with Gasteiger partial charge in [-0.2, -0.15) is 0 Å². The number of rotatable bonds is 6. The number of pyridine rings is 1. The molecule has 0 N–H and O–H groups in total. The lowest BCUT2D eigenvalue weighted by Crippen LogP contribution is -2.00. The van der Waals surface area contributed by atoms with E-state index in [4.69, 9.17) is 15.0 Å². The Labute approximate surface area is 313 Å². The first-order valence-corrected chi connectivity index (χ1v) is 18.1. The predicted molar refractivity (Wildman–Crippen MR) is 223 cm³/mol. The summed E-state index contributed by atoms with van der Waals surface area (Å²) in [6.07, 6.45) is 3.52. The Hall–Kier alpha value is -7.30. The predicted octanol–water partition coefficient (Wildman–Crippen LogP) is 12.7. The Balaban J connectivity index is 1.02. The topological polar surface area (TPSA) is 51.6 Å². The maximum Gasteiger partial charge on any atom is 0.164 e. The molecule has 252 valence electrons. The number of nitrogens with zero attached hydrogens (tertiary/aromatic N) is 4. The molecule has 2 heterocycles. The van der Waals surface area contributed by atoms with Crippen LogP contribution in [0.2, 0.25) is 0 Å². The molecule has 2 aromatic heterocycles. The average molecular weight is 689 g/mol. The van der Waals surface area contributed by atoms with Crippen molar-refractivity contribution in [2.45, 2.75) is 0 Å². The maximum absolute atomic E-state index is 4.95. The van der Waals surface area contributed by atoms with Crippen molar-refractivity contribution in [3.63, 3.8) is 0 Å². The number of aromatic nitrogens is 4. The first kappa shape index (κ1) is 31.4. The Kier molecular flexibility index (Phi) is 7.77. The van der Waals surface area contributed by atoms with Crippen LogP contribution in [0, 0.1) is 0 Å². The van der Waals surface area contributed by atoms with Crippen LogP contribution in [-0.4, -0.2) is 19.9 Å². The first-order valence-electron chi connectivity index (χ1n) is 18.1. The maximum atomic E-state index is 4.95. The first-order chi connectivity index (χ1) is 26.7. The van der Waals surface area contributed by atoms with Crippen LogP contribution < -0.4 is 0 Å². The van der Waals surface area contributed by atoms with E-state index in [0.29, 0.717) is 17.5 Å². The van der Waals surface area contributed by atoms with Crippen molar-refractivity contribution in [3.8, 4) is 67.5 Å². The van der Waals surface area contributed by atoms with Crippen LogP contribution in [0.3, 0.4) is 0 Å². The lowest BCUT2D eigenvalue weighted by molar-refractivity contribution is 1.07. The Morgan fingerprint density at radius 2 is 0.574 bits per heavy atom. The molecule has 0 amide bonds. The fourth-order valence-electron chi connectivity index (χ4n) is 7.53. The van der Waals surface area contributed by atoms with Gasteiger partial charge in [-0.05, 0) is 102 Å². The Morgan fingerprint density at radius 3 is 1.09 bits per heavy atom. The summed E-state index contributed by atoms with van der Waals surface area (Å²) < 4.78 is 0. The third-order valence-corrected chi connectivity index (χ3v) is 10.2. The second-order valence-electron chi connectivity index (χ2n) is 13.5. The molecule has 0 fully saturated rings. The van der Waals surface area contributed by atoms with Crippen molar-refractivity contribution in [1.82, 2.24) is 19.9 Å². The van der Waals surface area contributed by atoms with Gasteiger partial charge in [0, 0.05) is 29.1 Å². The second-order valence-corrected chi connectivity index (χ2v) is 13.5. The van der Waals surface area contributed by atoms with E-state index < -0.39 is 0 Å². The zero-order valence-electron chi connectivity index (χ0n) is 29.3. The minimum atomic E-state index is 0.612. The van der Waals surface area contributed by atoms with Crippen molar-refractivity contribution in [1.29, 1.82) is 0 Å². The molecule has 0 aliphatic carbocycles. The van der Waals surface area contributed by atoms with Crippen molar-refractivity contribution in [3.05, 3.63) is 194 Å². The molecule has 0 spiro atoms. The molecule has 4 nitrogen and oxygen atoms in total. The molecule has 0 saturated heterocycles. The number of benzene rings is 8. The van der Waals surface area contributed by atoms with E-state index in [2.05, 4.69) is 145 Å². The second kappa shape index (κ2) is 13.4. The zero-order chi connectivity index (χ0) is 35.8. The van der Waals surface area contributed by atoms with Gasteiger partial charge in [0.2, 0.25) is 0 Å². The molecular formula is C50H32N4. The van der Waals surface area contributed by atoms with Gasteiger partial charge < -0.3 is 0 Å². The highest BCUT2D eigenvalue weighted by Crippen LogP contribution is 2.38. The zero-order valence-corrected chi connectivity index (χ0v) is 29.3. The Bertz CT molecular complexity index is 2900. The fraction of sp³-hybridized carbons (Fsp3) is 0. The molecule has 0 radical (unpaired) electrons. The van der Waals surface area contributed by atoms with Crippen molar-refractivity contribution >= 4 is 32.3 Å². The molecule has 10 aromatic rings. The highest BCUT2D eigenvalue weighted by molar-refractivity contribution is 6.25. The normalized spacial score (nSPS) is 11.3. The SMILES string of the molecule is c1ccc(-c2nc(-c3ccncc3)nc(-c3cccc(-c4cccc(-c5cccc(-c6ccc7c8ccccc8c8ccccc8c7c6)c5)c4)c3)n2)cc1. The Morgan fingerprint density at radius 1 is 0.222 bits per heavy atom. The summed E-state index contributed by atoms with van der Waals surface area (Å²) in [7, 11) is 0. The van der Waals surface area contributed by atoms with Gasteiger partial charge >= 0.3 is 0 Å². The van der Waals surface area contributed by atoms with Gasteiger partial charge in [0.1, 0.15) is 0 Å². The summed E-state index contributed by atoms with van der Waals surface area (Å²) in [5.41, 5.74) is 9.67. The van der Waals surface area contributed by atoms with Gasteiger partial charge in [-0.3, -0.25) is 4.98 Å². The van der Waals surface area contributed by atoms with E-state index in [1.54, 1.807) is 12.4 Å². The molecule has 0 bridgehead atoms. The lowest BCUT2D eigenvalue weighted by atomic mass is 9.91. The van der Waals surface area contributed by atoms with Gasteiger partial charge in [-0.15, -0.1) is 0 Å². The molecule has 10 rings (SSSR count). The van der Waals surface area contributed by atoms with E-state index in [0.717, 1.165) is 33.4 Å². The highest BCUT2D eigenvalue weighted by Gasteiger charge is 2.14. The highest BCUT2D eigenvalue weighted by atomic mass is 15.0. The third-order valence-electron chi connectivity index (χ3n) is 10.2. The van der Waals surface area contributed by atoms with Crippen molar-refractivity contribution < 1.29 is 0 Å². The molecular weight excluding hydrogens is 657 g/mol. The van der Waals surface area contributed by atoms with E-state index in [9.17, 15) is 0 Å². The van der Waals surface area contributed by atoms with Gasteiger partial charge in [-0.1, -0.05) is 146 Å². The van der Waals surface area contributed by atoms with Crippen LogP contribution in [0.25, 0.3) is 99.9 Å². The van der Waals surface area contributed by atoms with E-state index >= 15 is 0 Å². The van der Waals surface area contributed by atoms with Gasteiger partial charge in [0.15, 0.2) is 17.5 Å². The van der Waals surface area contributed by atoms with E-state index in [1.165, 1.54) is 49.0 Å². The van der Waals surface area contributed by atoms with E-state index in [1.807, 2.05) is 42.5 Å². The standard InChI is InChI=1S/C50H32N4/c1-2-11-33(12-3-1)48-52-49(34-25-27-51-28-26-34)54-50(53-48)41-18-10-17-39(31-41)37-15-8-13-35(29-37)36-14-9-16-38(30-36)40-23-24-46-44-21-5-4-19-42(44)43-20-6-7-22-45(43)47(46)32-40/h1-32H. The van der Waals surface area contributed by atoms with Gasteiger partial charge in [0.05, 0.1) is 0 Å². The molecule has 0 aliphatic heterocycles. The largest absolute Gasteiger partial charge is 0.265 e. The minimum Gasteiger partial charge on any atom is -0.265 e. The molecule has 0 aliphatic rings. The summed E-state index contributed by atoms with van der Waals surface area (Å²) in [4.78, 5) is 18.9. The molecule has 4 heteroatoms. The molecule has 0 unspecified atom stereocenters. The van der Waals surface area contributed by atoms with Crippen molar-refractivity contribution in [2.75, 3.05) is 0 Å². The van der Waals surface area contributed by atoms with Crippen LogP contribution in [0.15, 0.2) is 194 Å². The number of hydrogen-bond donors (Lipinski definition) is 0. The van der Waals surface area contributed by atoms with Crippen LogP contribution in [0.5, 0.6) is 0 Å². The fourth-order valence-corrected chi connectivity index (χ4v) is 7.53. The molecule has 54 heavy (non-hydrogen) atoms. The minimum absolute atomic E-state index is 0.612. The molecule has 0 atom stereocenters. The van der Waals surface area contributed by atoms with Crippen LogP contribution in [-0.2, 0) is 0 Å². The van der Waals surface area contributed by atoms with Gasteiger partial charge in [0.25, 0.3) is 0 Å². The smallest absolute Gasteiger partial charge is 0.164 e. The van der Waals surface area contributed by atoms with Crippen molar-refractivity contribution in [2.24, 2.45) is 0 Å². The quantitative estimate of drug-likeness (QED) is 0.163. The average Bonchev–Trinajstić information content (AvgIpc) is 3.27. The number of hydrogen-bond acceptors (Lipinski definition) is 4. The summed E-state index contributed by atoms with van der Waals surface area (Å²) in [5, 5.41) is 7.70. The van der Waals surface area contributed by atoms with Gasteiger partial charge in [-0.25, -0.2) is 15.0 Å². The van der Waals surface area contributed by atoms with Crippen LogP contribution in [0.1, 0.15) is 0 Å².